The van der Waals surface area contributed by atoms with Gasteiger partial charge >= 0.3 is 0 Å². The highest BCUT2D eigenvalue weighted by Gasteiger charge is 2.31. The van der Waals surface area contributed by atoms with Gasteiger partial charge in [-0.2, -0.15) is 0 Å². The number of anilines is 1. The standard InChI is InChI=1S/C19H20N4O2S4/c1-3-27-18-22-21-17(29-18)20-15(24)5-4-10-23-16(25)14(28-19(23)26)11-13-8-6-12(2)7-9-13/h6-9,11H,3-5,10H2,1-2H3,(H,20,21,24)/b14-11-. The van der Waals surface area contributed by atoms with Gasteiger partial charge in [-0.05, 0) is 30.7 Å². The predicted molar refractivity (Wildman–Crippen MR) is 125 cm³/mol. The lowest BCUT2D eigenvalue weighted by atomic mass is 10.1. The summed E-state index contributed by atoms with van der Waals surface area (Å²) >= 11 is 9.60. The zero-order valence-corrected chi connectivity index (χ0v) is 19.3. The second-order valence-corrected chi connectivity index (χ2v) is 10.4. The average molecular weight is 465 g/mol. The lowest BCUT2D eigenvalue weighted by Gasteiger charge is -2.13. The lowest BCUT2D eigenvalue weighted by molar-refractivity contribution is -0.122. The first-order valence-corrected chi connectivity index (χ1v) is 12.1. The number of hydrogen-bond donors (Lipinski definition) is 1. The van der Waals surface area contributed by atoms with Gasteiger partial charge in [0, 0.05) is 13.0 Å². The topological polar surface area (TPSA) is 75.2 Å². The summed E-state index contributed by atoms with van der Waals surface area (Å²) in [6.07, 6.45) is 2.65. The molecule has 1 aromatic carbocycles. The first-order chi connectivity index (χ1) is 14.0. The Labute approximate surface area is 187 Å². The van der Waals surface area contributed by atoms with Crippen LogP contribution in [0.15, 0.2) is 33.5 Å². The molecule has 10 heteroatoms. The zero-order valence-electron chi connectivity index (χ0n) is 16.0. The largest absolute Gasteiger partial charge is 0.301 e. The highest BCUT2D eigenvalue weighted by Crippen LogP contribution is 2.32. The number of benzene rings is 1. The van der Waals surface area contributed by atoms with Crippen molar-refractivity contribution in [2.75, 3.05) is 17.6 Å². The van der Waals surface area contributed by atoms with Crippen molar-refractivity contribution in [2.45, 2.75) is 31.0 Å². The summed E-state index contributed by atoms with van der Waals surface area (Å²) < 4.78 is 1.36. The minimum absolute atomic E-state index is 0.105. The minimum atomic E-state index is -0.144. The van der Waals surface area contributed by atoms with Crippen molar-refractivity contribution >= 4 is 74.4 Å². The number of nitrogens with zero attached hydrogens (tertiary/aromatic N) is 3. The van der Waals surface area contributed by atoms with Crippen molar-refractivity contribution in [2.24, 2.45) is 0 Å². The Morgan fingerprint density at radius 3 is 2.79 bits per heavy atom. The summed E-state index contributed by atoms with van der Waals surface area (Å²) in [4.78, 5) is 26.9. The van der Waals surface area contributed by atoms with E-state index in [-0.39, 0.29) is 18.2 Å². The van der Waals surface area contributed by atoms with Gasteiger partial charge < -0.3 is 5.32 Å². The average Bonchev–Trinajstić information content (AvgIpc) is 3.23. The number of thioether (sulfide) groups is 2. The summed E-state index contributed by atoms with van der Waals surface area (Å²) in [6.45, 7) is 4.47. The Morgan fingerprint density at radius 2 is 2.07 bits per heavy atom. The molecule has 1 N–H and O–H groups in total. The molecule has 152 valence electrons. The van der Waals surface area contributed by atoms with Crippen LogP contribution in [0.2, 0.25) is 0 Å². The van der Waals surface area contributed by atoms with Crippen LogP contribution in [0.5, 0.6) is 0 Å². The maximum Gasteiger partial charge on any atom is 0.266 e. The molecule has 1 aliphatic rings. The van der Waals surface area contributed by atoms with Gasteiger partial charge in [-0.15, -0.1) is 10.2 Å². The second-order valence-electron chi connectivity index (χ2n) is 6.20. The molecule has 2 heterocycles. The van der Waals surface area contributed by atoms with Gasteiger partial charge in [0.15, 0.2) is 4.34 Å². The highest BCUT2D eigenvalue weighted by atomic mass is 32.2. The van der Waals surface area contributed by atoms with Crippen molar-refractivity contribution in [3.63, 3.8) is 0 Å². The third kappa shape index (κ3) is 6.11. The fraction of sp³-hybridized carbons (Fsp3) is 0.316. The van der Waals surface area contributed by atoms with Crippen molar-refractivity contribution in [3.05, 3.63) is 40.3 Å². The van der Waals surface area contributed by atoms with E-state index in [1.54, 1.807) is 16.7 Å². The van der Waals surface area contributed by atoms with Crippen molar-refractivity contribution in [1.29, 1.82) is 0 Å². The number of aryl methyl sites for hydroxylation is 1. The van der Waals surface area contributed by atoms with E-state index in [0.717, 1.165) is 15.7 Å². The Morgan fingerprint density at radius 1 is 1.31 bits per heavy atom. The van der Waals surface area contributed by atoms with E-state index in [2.05, 4.69) is 15.5 Å². The maximum absolute atomic E-state index is 12.6. The fourth-order valence-corrected chi connectivity index (χ4v) is 5.50. The Kier molecular flexibility index (Phi) is 7.82. The normalized spacial score (nSPS) is 15.4. The fourth-order valence-electron chi connectivity index (χ4n) is 2.53. The van der Waals surface area contributed by atoms with E-state index < -0.39 is 0 Å². The summed E-state index contributed by atoms with van der Waals surface area (Å²) in [5, 5.41) is 11.2. The molecule has 0 saturated carbocycles. The van der Waals surface area contributed by atoms with Gasteiger partial charge in [0.1, 0.15) is 4.32 Å². The molecule has 3 rings (SSSR count). The van der Waals surface area contributed by atoms with Gasteiger partial charge in [0.25, 0.3) is 5.91 Å². The van der Waals surface area contributed by atoms with Crippen molar-refractivity contribution in [1.82, 2.24) is 15.1 Å². The SMILES string of the molecule is CCSc1nnc(NC(=O)CCCN2C(=O)/C(=C/c3ccc(C)cc3)SC2=S)s1. The number of carbonyl (C=O) groups excluding carboxylic acids is 2. The molecule has 1 fully saturated rings. The third-order valence-electron chi connectivity index (χ3n) is 3.95. The number of carbonyl (C=O) groups is 2. The van der Waals surface area contributed by atoms with Gasteiger partial charge in [-0.25, -0.2) is 0 Å². The van der Waals surface area contributed by atoms with Crippen molar-refractivity contribution < 1.29 is 9.59 Å². The molecule has 2 amide bonds. The number of rotatable bonds is 8. The smallest absolute Gasteiger partial charge is 0.266 e. The molecule has 0 aliphatic carbocycles. The summed E-state index contributed by atoms with van der Waals surface area (Å²) in [7, 11) is 0. The van der Waals surface area contributed by atoms with Crippen LogP contribution in [0.1, 0.15) is 30.9 Å². The van der Waals surface area contributed by atoms with Crippen molar-refractivity contribution in [3.8, 4) is 0 Å². The van der Waals surface area contributed by atoms with Crippen LogP contribution in [-0.4, -0.2) is 43.5 Å². The predicted octanol–water partition coefficient (Wildman–Crippen LogP) is 4.58. The molecule has 0 radical (unpaired) electrons. The number of nitrogens with one attached hydrogen (secondary N) is 1. The molecule has 0 atom stereocenters. The molecule has 1 aliphatic heterocycles. The van der Waals surface area contributed by atoms with E-state index in [0.29, 0.717) is 27.3 Å². The Hall–Kier alpha value is -1.75. The van der Waals surface area contributed by atoms with Crippen LogP contribution in [0, 0.1) is 6.92 Å². The number of amides is 2. The molecule has 0 bridgehead atoms. The van der Waals surface area contributed by atoms with Gasteiger partial charge in [0.2, 0.25) is 11.0 Å². The van der Waals surface area contributed by atoms with Crippen LogP contribution >= 0.6 is 47.1 Å². The zero-order chi connectivity index (χ0) is 20.8. The van der Waals surface area contributed by atoms with Gasteiger partial charge in [0.05, 0.1) is 4.91 Å². The number of thiocarbonyl (C=S) groups is 1. The second kappa shape index (κ2) is 10.3. The first kappa shape index (κ1) is 21.9. The first-order valence-electron chi connectivity index (χ1n) is 9.04. The molecule has 0 spiro atoms. The molecular formula is C19H20N4O2S4. The number of hydrogen-bond acceptors (Lipinski definition) is 8. The van der Waals surface area contributed by atoms with Crippen LogP contribution in [-0.2, 0) is 9.59 Å². The van der Waals surface area contributed by atoms with E-state index in [1.807, 2.05) is 44.2 Å². The van der Waals surface area contributed by atoms with E-state index in [1.165, 1.54) is 28.7 Å². The number of aromatic nitrogens is 2. The monoisotopic (exact) mass is 464 g/mol. The van der Waals surface area contributed by atoms with E-state index >= 15 is 0 Å². The summed E-state index contributed by atoms with van der Waals surface area (Å²) in [6, 6.07) is 7.97. The molecule has 29 heavy (non-hydrogen) atoms. The van der Waals surface area contributed by atoms with Crippen LogP contribution in [0.4, 0.5) is 5.13 Å². The Bertz CT molecular complexity index is 940. The third-order valence-corrected chi connectivity index (χ3v) is 7.19. The highest BCUT2D eigenvalue weighted by molar-refractivity contribution is 8.26. The summed E-state index contributed by atoms with van der Waals surface area (Å²) in [5.74, 6) is 0.659. The molecule has 0 unspecified atom stereocenters. The van der Waals surface area contributed by atoms with Crippen LogP contribution in [0.3, 0.4) is 0 Å². The molecule has 1 aromatic heterocycles. The molecule has 1 saturated heterocycles. The summed E-state index contributed by atoms with van der Waals surface area (Å²) in [5.41, 5.74) is 2.13. The van der Waals surface area contributed by atoms with E-state index in [9.17, 15) is 9.59 Å². The van der Waals surface area contributed by atoms with Crippen LogP contribution < -0.4 is 5.32 Å². The molecule has 6 nitrogen and oxygen atoms in total. The minimum Gasteiger partial charge on any atom is -0.301 e. The van der Waals surface area contributed by atoms with Crippen LogP contribution in [0.25, 0.3) is 6.08 Å². The Balaban J connectivity index is 1.49. The quantitative estimate of drug-likeness (QED) is 0.265. The van der Waals surface area contributed by atoms with E-state index in [4.69, 9.17) is 12.2 Å². The molecule has 2 aromatic rings. The lowest BCUT2D eigenvalue weighted by Crippen LogP contribution is -2.29. The maximum atomic E-state index is 12.6. The molecular weight excluding hydrogens is 445 g/mol. The van der Waals surface area contributed by atoms with Gasteiger partial charge in [-0.1, -0.05) is 83.8 Å². The van der Waals surface area contributed by atoms with Gasteiger partial charge in [-0.3, -0.25) is 14.5 Å².